The van der Waals surface area contributed by atoms with Gasteiger partial charge in [0.05, 0.1) is 17.3 Å². The highest BCUT2D eigenvalue weighted by Crippen LogP contribution is 2.19. The predicted octanol–water partition coefficient (Wildman–Crippen LogP) is 2.60. The fourth-order valence-corrected chi connectivity index (χ4v) is 3.60. The Bertz CT molecular complexity index is 1400. The maximum atomic E-state index is 13.4. The smallest absolute Gasteiger partial charge is 0.258 e. The number of aliphatic hydroxyl groups is 1. The second-order valence-corrected chi connectivity index (χ2v) is 7.47. The van der Waals surface area contributed by atoms with Crippen molar-refractivity contribution in [1.29, 1.82) is 0 Å². The molecule has 0 spiro atoms. The molecule has 3 aromatic heterocycles. The van der Waals surface area contributed by atoms with Gasteiger partial charge < -0.3 is 5.11 Å². The number of benzene rings is 1. The second-order valence-electron chi connectivity index (χ2n) is 7.03. The van der Waals surface area contributed by atoms with Gasteiger partial charge in [-0.2, -0.15) is 0 Å². The normalized spacial score (nSPS) is 11.2. The van der Waals surface area contributed by atoms with Crippen LogP contribution in [0.15, 0.2) is 58.3 Å². The molecule has 4 rings (SSSR count). The topological polar surface area (TPSA) is 89.5 Å². The van der Waals surface area contributed by atoms with Crippen molar-refractivity contribution in [3.63, 3.8) is 0 Å². The van der Waals surface area contributed by atoms with Crippen molar-refractivity contribution in [1.82, 2.24) is 18.9 Å². The highest BCUT2D eigenvalue weighted by atomic mass is 35.5. The van der Waals surface area contributed by atoms with Crippen molar-refractivity contribution in [2.45, 2.75) is 19.9 Å². The molecular weight excluding hydrogens is 423 g/mol. The third-order valence-electron chi connectivity index (χ3n) is 4.93. The molecule has 7 nitrogen and oxygen atoms in total. The molecule has 0 radical (unpaired) electrons. The minimum atomic E-state index is -0.408. The molecular formula is C22H18ClFN4O3. The molecule has 31 heavy (non-hydrogen) atoms. The summed E-state index contributed by atoms with van der Waals surface area (Å²) in [5.74, 6) is -0.0866. The first-order valence-electron chi connectivity index (χ1n) is 9.52. The first-order chi connectivity index (χ1) is 14.9. The summed E-state index contributed by atoms with van der Waals surface area (Å²) in [6.07, 6.45) is 1.62. The van der Waals surface area contributed by atoms with E-state index in [1.807, 2.05) is 0 Å². The van der Waals surface area contributed by atoms with Crippen LogP contribution in [-0.2, 0) is 13.0 Å². The average molecular weight is 441 g/mol. The molecule has 0 saturated carbocycles. The van der Waals surface area contributed by atoms with E-state index in [-0.39, 0.29) is 30.7 Å². The molecule has 0 aliphatic rings. The number of aliphatic hydroxyl groups excluding tert-OH is 1. The summed E-state index contributed by atoms with van der Waals surface area (Å²) < 4.78 is 16.1. The van der Waals surface area contributed by atoms with E-state index in [1.54, 1.807) is 19.1 Å². The molecule has 9 heteroatoms. The Labute approximate surface area is 181 Å². The van der Waals surface area contributed by atoms with E-state index in [4.69, 9.17) is 11.6 Å². The monoisotopic (exact) mass is 440 g/mol. The van der Waals surface area contributed by atoms with Gasteiger partial charge in [0, 0.05) is 42.1 Å². The van der Waals surface area contributed by atoms with Crippen molar-refractivity contribution in [3.05, 3.63) is 97.2 Å². The number of hydrogen-bond acceptors (Lipinski definition) is 5. The lowest BCUT2D eigenvalue weighted by atomic mass is 10.1. The van der Waals surface area contributed by atoms with Crippen LogP contribution in [0.2, 0.25) is 5.02 Å². The summed E-state index contributed by atoms with van der Waals surface area (Å²) in [4.78, 5) is 34.8. The number of fused-ring (bicyclic) bond motifs is 1. The maximum absolute atomic E-state index is 13.4. The number of nitrogens with zero attached hydrogens (tertiary/aromatic N) is 4. The van der Waals surface area contributed by atoms with Crippen LogP contribution in [0, 0.1) is 12.7 Å². The van der Waals surface area contributed by atoms with Gasteiger partial charge >= 0.3 is 0 Å². The van der Waals surface area contributed by atoms with Crippen LogP contribution < -0.4 is 11.1 Å². The average Bonchev–Trinajstić information content (AvgIpc) is 2.74. The highest BCUT2D eigenvalue weighted by Gasteiger charge is 2.17. The van der Waals surface area contributed by atoms with E-state index in [2.05, 4.69) is 9.97 Å². The molecule has 0 unspecified atom stereocenters. The van der Waals surface area contributed by atoms with Gasteiger partial charge in [-0.1, -0.05) is 11.6 Å². The lowest BCUT2D eigenvalue weighted by Gasteiger charge is -2.16. The van der Waals surface area contributed by atoms with E-state index in [9.17, 15) is 19.1 Å². The Kier molecular flexibility index (Phi) is 5.67. The largest absolute Gasteiger partial charge is 0.396 e. The fraction of sp³-hybridized carbons (Fsp3) is 0.182. The zero-order valence-corrected chi connectivity index (χ0v) is 17.3. The van der Waals surface area contributed by atoms with Gasteiger partial charge in [0.15, 0.2) is 0 Å². The van der Waals surface area contributed by atoms with Gasteiger partial charge in [-0.05, 0) is 43.3 Å². The SMILES string of the molecule is Cc1nc(-c2ccc(F)cc2)n(Cc2cc(=O)n3cc(Cl)ccc3n2)c(=O)c1CCO. The molecule has 3 heterocycles. The van der Waals surface area contributed by atoms with Crippen molar-refractivity contribution in [3.8, 4) is 11.4 Å². The van der Waals surface area contributed by atoms with Gasteiger partial charge in [-0.15, -0.1) is 0 Å². The van der Waals surface area contributed by atoms with Crippen molar-refractivity contribution in [2.75, 3.05) is 6.61 Å². The molecule has 158 valence electrons. The summed E-state index contributed by atoms with van der Waals surface area (Å²) in [5, 5.41) is 9.76. The number of aromatic nitrogens is 4. The lowest BCUT2D eigenvalue weighted by molar-refractivity contribution is 0.298. The molecule has 0 aliphatic carbocycles. The third kappa shape index (κ3) is 4.12. The Morgan fingerprint density at radius 1 is 1.10 bits per heavy atom. The van der Waals surface area contributed by atoms with E-state index >= 15 is 0 Å². The quantitative estimate of drug-likeness (QED) is 0.515. The molecule has 0 fully saturated rings. The summed E-state index contributed by atoms with van der Waals surface area (Å²) in [7, 11) is 0. The van der Waals surface area contributed by atoms with E-state index in [0.717, 1.165) is 0 Å². The molecule has 1 aromatic carbocycles. The van der Waals surface area contributed by atoms with E-state index in [1.165, 1.54) is 45.5 Å². The highest BCUT2D eigenvalue weighted by molar-refractivity contribution is 6.30. The van der Waals surface area contributed by atoms with Gasteiger partial charge in [0.1, 0.15) is 17.3 Å². The van der Waals surface area contributed by atoms with Crippen molar-refractivity contribution >= 4 is 17.2 Å². The Hall–Kier alpha value is -3.36. The van der Waals surface area contributed by atoms with Gasteiger partial charge in [0.25, 0.3) is 11.1 Å². The van der Waals surface area contributed by atoms with Gasteiger partial charge in [-0.3, -0.25) is 18.6 Å². The molecule has 0 amide bonds. The van der Waals surface area contributed by atoms with Crippen LogP contribution in [0.4, 0.5) is 4.39 Å². The molecule has 1 N–H and O–H groups in total. The van der Waals surface area contributed by atoms with E-state index < -0.39 is 5.82 Å². The minimum Gasteiger partial charge on any atom is -0.396 e. The Morgan fingerprint density at radius 3 is 2.55 bits per heavy atom. The van der Waals surface area contributed by atoms with Gasteiger partial charge in [-0.25, -0.2) is 14.4 Å². The van der Waals surface area contributed by atoms with Crippen LogP contribution in [0.25, 0.3) is 17.0 Å². The van der Waals surface area contributed by atoms with Crippen molar-refractivity contribution < 1.29 is 9.50 Å². The van der Waals surface area contributed by atoms with Crippen LogP contribution in [-0.4, -0.2) is 30.6 Å². The van der Waals surface area contributed by atoms with Crippen LogP contribution in [0.3, 0.4) is 0 Å². The van der Waals surface area contributed by atoms with Crippen LogP contribution in [0.1, 0.15) is 17.0 Å². The number of halogens is 2. The maximum Gasteiger partial charge on any atom is 0.258 e. The second kappa shape index (κ2) is 8.41. The fourth-order valence-electron chi connectivity index (χ4n) is 3.44. The van der Waals surface area contributed by atoms with Crippen LogP contribution in [0.5, 0.6) is 0 Å². The van der Waals surface area contributed by atoms with Crippen molar-refractivity contribution in [2.24, 2.45) is 0 Å². The summed E-state index contributed by atoms with van der Waals surface area (Å²) >= 11 is 5.95. The molecule has 0 saturated heterocycles. The minimum absolute atomic E-state index is 0.0222. The number of pyridine rings is 1. The zero-order valence-electron chi connectivity index (χ0n) is 16.5. The number of rotatable bonds is 5. The number of aryl methyl sites for hydroxylation is 1. The van der Waals surface area contributed by atoms with Gasteiger partial charge in [0.2, 0.25) is 0 Å². The first-order valence-corrected chi connectivity index (χ1v) is 9.90. The summed E-state index contributed by atoms with van der Waals surface area (Å²) in [6.45, 7) is 1.46. The molecule has 0 atom stereocenters. The Morgan fingerprint density at radius 2 is 1.84 bits per heavy atom. The number of hydrogen-bond donors (Lipinski definition) is 1. The zero-order chi connectivity index (χ0) is 22.1. The lowest BCUT2D eigenvalue weighted by Crippen LogP contribution is -2.30. The molecule has 0 bridgehead atoms. The third-order valence-corrected chi connectivity index (χ3v) is 5.15. The predicted molar refractivity (Wildman–Crippen MR) is 115 cm³/mol. The summed E-state index contributed by atoms with van der Waals surface area (Å²) in [5.41, 5.74) is 1.46. The Balaban J connectivity index is 1.90. The standard InChI is InChI=1S/C22H18ClFN4O3/c1-13-18(8-9-29)22(31)28(21(25-13)14-2-5-16(24)6-3-14)12-17-10-20(30)27-11-15(23)4-7-19(27)26-17/h2-7,10-11,29H,8-9,12H2,1H3. The summed E-state index contributed by atoms with van der Waals surface area (Å²) in [6, 6.07) is 10.2. The van der Waals surface area contributed by atoms with Crippen LogP contribution >= 0.6 is 11.6 Å². The first kappa shape index (κ1) is 20.9. The van der Waals surface area contributed by atoms with E-state index in [0.29, 0.717) is 39.0 Å². The molecule has 0 aliphatic heterocycles. The molecule has 4 aromatic rings.